The highest BCUT2D eigenvalue weighted by molar-refractivity contribution is 14.1. The summed E-state index contributed by atoms with van der Waals surface area (Å²) in [5.74, 6) is 0.00603. The lowest BCUT2D eigenvalue weighted by atomic mass is 10.1. The van der Waals surface area contributed by atoms with Crippen molar-refractivity contribution in [3.63, 3.8) is 0 Å². The largest absolute Gasteiger partial charge is 0.497 e. The number of nitrogens with zero attached hydrogens (tertiary/aromatic N) is 1. The minimum atomic E-state index is -0.284. The fourth-order valence-electron chi connectivity index (χ4n) is 5.37. The summed E-state index contributed by atoms with van der Waals surface area (Å²) in [5.41, 5.74) is 2.88. The van der Waals surface area contributed by atoms with E-state index in [4.69, 9.17) is 4.74 Å². The molecule has 264 valence electrons. The van der Waals surface area contributed by atoms with E-state index < -0.39 is 0 Å². The molecule has 0 aliphatic carbocycles. The molecular formula is C39H51IN4O5. The average Bonchev–Trinajstić information content (AvgIpc) is 3.10. The number of methoxy groups -OCH3 is 1. The Morgan fingerprint density at radius 1 is 0.633 bits per heavy atom. The number of halogens is 1. The third-order valence-electron chi connectivity index (χ3n) is 8.18. The monoisotopic (exact) mass is 782 g/mol. The predicted molar refractivity (Wildman–Crippen MR) is 202 cm³/mol. The van der Waals surface area contributed by atoms with Gasteiger partial charge in [-0.2, -0.15) is 0 Å². The molecule has 0 saturated carbocycles. The first-order chi connectivity index (χ1) is 23.8. The van der Waals surface area contributed by atoms with Crippen LogP contribution in [-0.4, -0.2) is 68.4 Å². The van der Waals surface area contributed by atoms with Crippen LogP contribution in [0.15, 0.2) is 78.9 Å². The predicted octanol–water partition coefficient (Wildman–Crippen LogP) is 6.09. The molecule has 49 heavy (non-hydrogen) atoms. The van der Waals surface area contributed by atoms with E-state index in [-0.39, 0.29) is 36.7 Å². The van der Waals surface area contributed by atoms with Crippen molar-refractivity contribution in [1.82, 2.24) is 20.9 Å². The van der Waals surface area contributed by atoms with Crippen molar-refractivity contribution in [2.45, 2.75) is 70.6 Å². The Morgan fingerprint density at radius 3 is 1.80 bits per heavy atom. The lowest BCUT2D eigenvalue weighted by Gasteiger charge is -2.22. The molecular weight excluding hydrogens is 731 g/mol. The minimum absolute atomic E-state index is 0.0272. The molecule has 3 rings (SSSR count). The molecule has 3 aromatic carbocycles. The van der Waals surface area contributed by atoms with Crippen molar-refractivity contribution in [2.75, 3.05) is 39.8 Å². The number of unbranched alkanes of at least 4 members (excludes halogenated alkanes) is 7. The van der Waals surface area contributed by atoms with Crippen LogP contribution < -0.4 is 20.7 Å². The van der Waals surface area contributed by atoms with Crippen molar-refractivity contribution in [1.29, 1.82) is 0 Å². The summed E-state index contributed by atoms with van der Waals surface area (Å²) in [5, 5.41) is 8.77. The summed E-state index contributed by atoms with van der Waals surface area (Å²) in [6, 6.07) is 25.1. The maximum Gasteiger partial charge on any atom is 0.251 e. The number of carbonyl (C=O) groups is 4. The highest BCUT2D eigenvalue weighted by Gasteiger charge is 2.20. The fourth-order valence-corrected chi connectivity index (χ4v) is 5.92. The van der Waals surface area contributed by atoms with E-state index in [2.05, 4.69) is 38.5 Å². The van der Waals surface area contributed by atoms with Crippen LogP contribution in [0.25, 0.3) is 0 Å². The molecule has 0 saturated heterocycles. The van der Waals surface area contributed by atoms with Crippen molar-refractivity contribution >= 4 is 46.2 Å². The Bertz CT molecular complexity index is 1430. The fraction of sp³-hybridized carbons (Fsp3) is 0.436. The zero-order chi connectivity index (χ0) is 35.1. The van der Waals surface area contributed by atoms with Gasteiger partial charge in [0.25, 0.3) is 5.91 Å². The molecule has 0 heterocycles. The second-order valence-electron chi connectivity index (χ2n) is 12.1. The van der Waals surface area contributed by atoms with Crippen LogP contribution in [0, 0.1) is 3.57 Å². The van der Waals surface area contributed by atoms with Gasteiger partial charge in [-0.3, -0.25) is 19.2 Å². The number of hydrogen-bond acceptors (Lipinski definition) is 5. The summed E-state index contributed by atoms with van der Waals surface area (Å²) in [4.78, 5) is 52.4. The molecule has 0 fully saturated rings. The smallest absolute Gasteiger partial charge is 0.251 e. The summed E-state index contributed by atoms with van der Waals surface area (Å²) in [7, 11) is 1.62. The number of benzene rings is 3. The maximum atomic E-state index is 13.2. The standard InChI is InChI=1S/C39H51IN4O5/c1-49-35-21-19-32(20-22-35)24-27-42-37(46)30-44(29-36(45)41-26-23-31-14-9-8-10-15-31)38(47)18-11-6-4-2-3-5-7-12-25-43-39(48)33-16-13-17-34(40)28-33/h8-10,13-17,19-22,28H,2-7,11-12,18,23-27,29-30H2,1H3,(H,41,45)(H,42,46)(H,43,48). The Balaban J connectivity index is 1.32. The van der Waals surface area contributed by atoms with E-state index >= 15 is 0 Å². The Hall–Kier alpha value is -3.93. The summed E-state index contributed by atoms with van der Waals surface area (Å²) in [6.07, 6.45) is 9.64. The van der Waals surface area contributed by atoms with Crippen LogP contribution in [0.2, 0.25) is 0 Å². The van der Waals surface area contributed by atoms with Crippen molar-refractivity contribution in [3.05, 3.63) is 99.1 Å². The van der Waals surface area contributed by atoms with E-state index in [0.29, 0.717) is 50.9 Å². The highest BCUT2D eigenvalue weighted by Crippen LogP contribution is 2.13. The SMILES string of the molecule is COc1ccc(CCNC(=O)CN(CC(=O)NCCc2ccccc2)C(=O)CCCCCCCCCCNC(=O)c2cccc(I)c2)cc1. The van der Waals surface area contributed by atoms with Crippen molar-refractivity contribution < 1.29 is 23.9 Å². The van der Waals surface area contributed by atoms with Crippen molar-refractivity contribution in [3.8, 4) is 5.75 Å². The van der Waals surface area contributed by atoms with Gasteiger partial charge >= 0.3 is 0 Å². The second kappa shape index (κ2) is 23.4. The Kier molecular flexibility index (Phi) is 18.9. The number of rotatable bonds is 23. The van der Waals surface area contributed by atoms with Gasteiger partial charge in [-0.25, -0.2) is 0 Å². The molecule has 0 bridgehead atoms. The number of hydrogen-bond donors (Lipinski definition) is 3. The quantitative estimate of drug-likeness (QED) is 0.0797. The molecule has 10 heteroatoms. The first-order valence-corrected chi connectivity index (χ1v) is 18.4. The molecule has 0 aliphatic heterocycles. The Morgan fingerprint density at radius 2 is 1.20 bits per heavy atom. The van der Waals surface area contributed by atoms with Gasteiger partial charge in [0.15, 0.2) is 0 Å². The lowest BCUT2D eigenvalue weighted by molar-refractivity contribution is -0.139. The first kappa shape index (κ1) is 39.5. The zero-order valence-electron chi connectivity index (χ0n) is 28.7. The molecule has 0 atom stereocenters. The average molecular weight is 783 g/mol. The van der Waals surface area contributed by atoms with Gasteiger partial charge in [-0.15, -0.1) is 0 Å². The van der Waals surface area contributed by atoms with E-state index in [9.17, 15) is 19.2 Å². The number of nitrogens with one attached hydrogen (secondary N) is 3. The van der Waals surface area contributed by atoms with Crippen LogP contribution in [0.1, 0.15) is 79.3 Å². The van der Waals surface area contributed by atoms with Crippen LogP contribution in [0.5, 0.6) is 5.75 Å². The van der Waals surface area contributed by atoms with E-state index in [1.807, 2.05) is 78.9 Å². The van der Waals surface area contributed by atoms with E-state index in [1.165, 1.54) is 4.90 Å². The number of amides is 4. The molecule has 3 aromatic rings. The van der Waals surface area contributed by atoms with Crippen LogP contribution >= 0.6 is 22.6 Å². The normalized spacial score (nSPS) is 10.7. The van der Waals surface area contributed by atoms with E-state index in [1.54, 1.807) is 7.11 Å². The maximum absolute atomic E-state index is 13.2. The number of ether oxygens (including phenoxy) is 1. The van der Waals surface area contributed by atoms with E-state index in [0.717, 1.165) is 65.4 Å². The van der Waals surface area contributed by atoms with Crippen LogP contribution in [0.4, 0.5) is 0 Å². The van der Waals surface area contributed by atoms with Gasteiger partial charge in [-0.1, -0.05) is 87.1 Å². The Labute approximate surface area is 305 Å². The molecule has 4 amide bonds. The molecule has 9 nitrogen and oxygen atoms in total. The third-order valence-corrected chi connectivity index (χ3v) is 8.86. The highest BCUT2D eigenvalue weighted by atomic mass is 127. The second-order valence-corrected chi connectivity index (χ2v) is 13.4. The zero-order valence-corrected chi connectivity index (χ0v) is 30.8. The summed E-state index contributed by atoms with van der Waals surface area (Å²) >= 11 is 2.21. The van der Waals surface area contributed by atoms with Crippen molar-refractivity contribution in [2.24, 2.45) is 0 Å². The number of carbonyl (C=O) groups excluding carboxylic acids is 4. The molecule has 0 unspecified atom stereocenters. The molecule has 0 radical (unpaired) electrons. The topological polar surface area (TPSA) is 117 Å². The molecule has 0 aromatic heterocycles. The molecule has 3 N–H and O–H groups in total. The van der Waals surface area contributed by atoms with Gasteiger partial charge < -0.3 is 25.6 Å². The van der Waals surface area contributed by atoms with Crippen LogP contribution in [-0.2, 0) is 27.2 Å². The van der Waals surface area contributed by atoms with Gasteiger partial charge in [0, 0.05) is 35.2 Å². The lowest BCUT2D eigenvalue weighted by Crippen LogP contribution is -2.46. The first-order valence-electron chi connectivity index (χ1n) is 17.4. The molecule has 0 spiro atoms. The summed E-state index contributed by atoms with van der Waals surface area (Å²) in [6.45, 7) is 1.26. The van der Waals surface area contributed by atoms with Crippen LogP contribution in [0.3, 0.4) is 0 Å². The minimum Gasteiger partial charge on any atom is -0.497 e. The molecule has 0 aliphatic rings. The third kappa shape index (κ3) is 16.8. The summed E-state index contributed by atoms with van der Waals surface area (Å²) < 4.78 is 6.24. The van der Waals surface area contributed by atoms with Gasteiger partial charge in [0.05, 0.1) is 7.11 Å². The van der Waals surface area contributed by atoms with Gasteiger partial charge in [0.2, 0.25) is 17.7 Å². The van der Waals surface area contributed by atoms with Gasteiger partial charge in [-0.05, 0) is 89.7 Å². The van der Waals surface area contributed by atoms with Gasteiger partial charge in [0.1, 0.15) is 18.8 Å².